The van der Waals surface area contributed by atoms with Gasteiger partial charge in [0.25, 0.3) is 0 Å². The van der Waals surface area contributed by atoms with Gasteiger partial charge in [0.15, 0.2) is 5.96 Å². The van der Waals surface area contributed by atoms with Crippen LogP contribution in [-0.2, 0) is 104 Å². The van der Waals surface area contributed by atoms with Crippen molar-refractivity contribution in [1.82, 2.24) is 94.0 Å². The Hall–Kier alpha value is -11.5. The Morgan fingerprint density at radius 2 is 1.09 bits per heavy atom. The lowest BCUT2D eigenvalue weighted by Gasteiger charge is -2.33. The SMILES string of the molecule is CCCC[C@@H]1NC(=O)[C@H](CCCCN)NC(=O)[C@H](CCCNC(=N)N)NC(=O)[C@H](CC(C)C)NC(=O)[C@@H](NC(=O)[C@H](Cc2ccc(Cl)cc2)NC(=O)[C@@H]2CCCN2C(=O)[C@@H](NC(C)=O)C(C)C)CCSSC[C@@H](C(=O)N[C@@H](CCCCN)C(=O)N2CCC[C@H]2C(=O)N2CCC[C@H]2C(=O)N[C@@H](CCC(=O)O)C(N)=O)NC(=O)[C@H](Cc2ccccc2)NC(=O)[C@H](CO)NC(=O)[C@H](C)NC(=O)[C@@H]2CCCN2C1=O. The minimum atomic E-state index is -1.84. The molecule has 2 aromatic rings. The van der Waals surface area contributed by atoms with Crippen LogP contribution < -0.4 is 97.4 Å². The van der Waals surface area contributed by atoms with E-state index in [0.29, 0.717) is 61.1 Å². The summed E-state index contributed by atoms with van der Waals surface area (Å²) in [5.74, 6) is -18.2. The third kappa shape index (κ3) is 36.2. The topological polar surface area (TPSA) is 674 Å². The highest BCUT2D eigenvalue weighted by Gasteiger charge is 2.47. The number of likely N-dealkylation sites (tertiary alicyclic amines) is 3. The maximum Gasteiger partial charge on any atom is 0.303 e. The lowest BCUT2D eigenvalue weighted by molar-refractivity contribution is -0.148. The number of hydrogen-bond acceptors (Lipinski definition) is 25. The van der Waals surface area contributed by atoms with Gasteiger partial charge in [-0.1, -0.05) is 123 Å². The molecule has 0 aliphatic carbocycles. The first-order valence-electron chi connectivity index (χ1n) is 48.5. The molecular weight excluding hydrogens is 1870 g/mol. The van der Waals surface area contributed by atoms with Crippen LogP contribution in [0.15, 0.2) is 54.6 Å². The average Bonchev–Trinajstić information content (AvgIpc) is 1.65. The normalized spacial score (nSPS) is 24.1. The van der Waals surface area contributed by atoms with Gasteiger partial charge in [-0.3, -0.25) is 96.5 Å². The van der Waals surface area contributed by atoms with E-state index in [0.717, 1.165) is 21.6 Å². The molecule has 0 radical (unpaired) electrons. The van der Waals surface area contributed by atoms with Crippen LogP contribution >= 0.6 is 33.2 Å². The molecular formula is C93H144ClN23O21S2. The van der Waals surface area contributed by atoms with E-state index < -0.39 is 252 Å². The van der Waals surface area contributed by atoms with E-state index in [1.165, 1.54) is 33.4 Å². The van der Waals surface area contributed by atoms with Crippen molar-refractivity contribution in [2.75, 3.05) is 63.9 Å². The summed E-state index contributed by atoms with van der Waals surface area (Å²) in [6.45, 7) is 10.8. The van der Waals surface area contributed by atoms with E-state index >= 15 is 33.6 Å². The van der Waals surface area contributed by atoms with Gasteiger partial charge in [-0.25, -0.2) is 0 Å². The van der Waals surface area contributed by atoms with Crippen LogP contribution in [0.2, 0.25) is 5.02 Å². The maximum absolute atomic E-state index is 15.7. The highest BCUT2D eigenvalue weighted by Crippen LogP contribution is 2.30. The zero-order chi connectivity index (χ0) is 103. The number of nitrogens with zero attached hydrogens (tertiary/aromatic N) is 4. The van der Waals surface area contributed by atoms with Crippen molar-refractivity contribution in [3.63, 3.8) is 0 Å². The molecule has 0 unspecified atom stereocenters. The second-order valence-electron chi connectivity index (χ2n) is 36.8. The summed E-state index contributed by atoms with van der Waals surface area (Å²) in [6.07, 6.45) is 1.84. The standard InChI is InChI=1S/C93H144ClN23O21S2/c1-8-9-24-63-89(135)114-42-18-28-70(114)86(132)101-54(6)77(123)112-68(50-118)84(130)110-66(48-56-22-11-10-12-23-56)83(129)113-69(85(131)108-64(26-14-16-40-96)90(136)117-45-21-31-73(117)91(137)115-43-19-29-71(115)87(133)103-59(76(97)122)36-37-74(120)121)51-140-139-46-38-62(80(126)109-65(47-52(2)3)81(127)105-61(27-17-41-100-93(98)99)78(124)104-60(79(125)107-63)25-13-15-39-95)106-82(128)67(49-57-32-34-58(94)35-33-57)111-88(134)72-30-20-44-116(72)92(138)75(53(4)5)102-55(7)119/h10-12,22-23,32-35,52-54,59-73,75,118H,8-9,13-21,24-31,36-51,95-96H2,1-7H3,(H2,97,122)(H,101,132)(H,102,119)(H,103,133)(H,104,124)(H,105,127)(H,106,128)(H,107,125)(H,108,131)(H,109,126)(H,110,130)(H,111,134)(H,112,123)(H,113,129)(H,120,121)(H4,98,99,100)/t54-,59-,60-,61-,62-,63-,64-,65-,66-,67-,68-,69-,70-,71-,72-,73-,75-/m0/s1. The molecule has 25 N–H and O–H groups in total. The number of amides is 18. The van der Waals surface area contributed by atoms with Gasteiger partial charge in [-0.15, -0.1) is 0 Å². The van der Waals surface area contributed by atoms with Gasteiger partial charge in [0, 0.05) is 75.4 Å². The van der Waals surface area contributed by atoms with Crippen molar-refractivity contribution in [2.24, 2.45) is 34.8 Å². The Bertz CT molecular complexity index is 4610. The Morgan fingerprint density at radius 1 is 0.543 bits per heavy atom. The molecule has 5 fully saturated rings. The molecule has 2 aromatic carbocycles. The Morgan fingerprint density at radius 3 is 1.69 bits per heavy atom. The number of fused-ring (bicyclic) bond motifs is 1. The first-order valence-corrected chi connectivity index (χ1v) is 51.3. The molecule has 140 heavy (non-hydrogen) atoms. The number of carboxylic acids is 1. The van der Waals surface area contributed by atoms with Gasteiger partial charge >= 0.3 is 5.97 Å². The van der Waals surface area contributed by atoms with Gasteiger partial charge in [-0.05, 0) is 184 Å². The molecule has 776 valence electrons. The zero-order valence-electron chi connectivity index (χ0n) is 80.9. The predicted molar refractivity (Wildman–Crippen MR) is 522 cm³/mol. The van der Waals surface area contributed by atoms with Crippen molar-refractivity contribution in [3.8, 4) is 0 Å². The highest BCUT2D eigenvalue weighted by molar-refractivity contribution is 8.76. The molecule has 0 aromatic heterocycles. The molecule has 7 rings (SSSR count). The average molecular weight is 2020 g/mol. The lowest BCUT2D eigenvalue weighted by Crippen LogP contribution is -2.61. The fourth-order valence-electron chi connectivity index (χ4n) is 17.4. The largest absolute Gasteiger partial charge is 0.481 e. The number of guanidine groups is 1. The van der Waals surface area contributed by atoms with E-state index in [4.69, 9.17) is 39.9 Å². The number of benzene rings is 2. The van der Waals surface area contributed by atoms with E-state index in [1.54, 1.807) is 82.3 Å². The molecule has 5 saturated heterocycles. The number of rotatable bonds is 39. The molecule has 5 aliphatic rings. The number of aliphatic hydroxyl groups is 1. The van der Waals surface area contributed by atoms with Crippen LogP contribution in [0.1, 0.15) is 207 Å². The smallest absolute Gasteiger partial charge is 0.303 e. The van der Waals surface area contributed by atoms with E-state index in [1.807, 2.05) is 6.92 Å². The minimum Gasteiger partial charge on any atom is -0.481 e. The predicted octanol–water partition coefficient (Wildman–Crippen LogP) is -2.03. The molecule has 0 saturated carbocycles. The first kappa shape index (κ1) is 115. The molecule has 5 heterocycles. The number of aliphatic hydroxyl groups excluding tert-OH is 1. The molecule has 18 amide bonds. The second-order valence-corrected chi connectivity index (χ2v) is 39.9. The molecule has 0 bridgehead atoms. The van der Waals surface area contributed by atoms with Crippen molar-refractivity contribution >= 4 is 151 Å². The fraction of sp³-hybridized carbons (Fsp3) is 0.656. The monoisotopic (exact) mass is 2020 g/mol. The van der Waals surface area contributed by atoms with E-state index in [9.17, 15) is 67.7 Å². The van der Waals surface area contributed by atoms with Gasteiger partial charge in [0.1, 0.15) is 103 Å². The number of carbonyl (C=O) groups excluding carboxylic acids is 18. The van der Waals surface area contributed by atoms with Crippen LogP contribution in [0, 0.1) is 17.2 Å². The van der Waals surface area contributed by atoms with Crippen molar-refractivity contribution in [1.29, 1.82) is 5.41 Å². The quantitative estimate of drug-likeness (QED) is 0.0149. The van der Waals surface area contributed by atoms with Gasteiger partial charge in [-0.2, -0.15) is 0 Å². The van der Waals surface area contributed by atoms with Crippen LogP contribution in [0.4, 0.5) is 0 Å². The number of primary amides is 1. The number of unbranched alkanes of at least 4 members (excludes halogenated alkanes) is 3. The summed E-state index contributed by atoms with van der Waals surface area (Å²) in [6, 6.07) is -9.68. The van der Waals surface area contributed by atoms with Gasteiger partial charge < -0.3 is 127 Å². The Kier molecular flexibility index (Phi) is 48.4. The number of nitrogens with one attached hydrogen (secondary N) is 15. The summed E-state index contributed by atoms with van der Waals surface area (Å²) in [4.78, 5) is 281. The van der Waals surface area contributed by atoms with Gasteiger partial charge in [0.05, 0.1) is 6.61 Å². The fourth-order valence-corrected chi connectivity index (χ4v) is 19.8. The third-order valence-corrected chi connectivity index (χ3v) is 27.7. The van der Waals surface area contributed by atoms with E-state index in [2.05, 4.69) is 74.4 Å². The lowest BCUT2D eigenvalue weighted by atomic mass is 10.0. The summed E-state index contributed by atoms with van der Waals surface area (Å²) < 4.78 is 0. The Labute approximate surface area is 828 Å². The molecule has 5 aliphatic heterocycles. The number of nitrogens with two attached hydrogens (primary N) is 4. The summed E-state index contributed by atoms with van der Waals surface area (Å²) >= 11 is 6.37. The number of halogens is 1. The number of carbonyl (C=O) groups is 19. The summed E-state index contributed by atoms with van der Waals surface area (Å²) in [5.41, 5.74) is 24.1. The van der Waals surface area contributed by atoms with Crippen LogP contribution in [0.3, 0.4) is 0 Å². The molecule has 47 heteroatoms. The van der Waals surface area contributed by atoms with Crippen molar-refractivity contribution in [2.45, 2.75) is 312 Å². The summed E-state index contributed by atoms with van der Waals surface area (Å²) in [7, 11) is 1.94. The number of aliphatic carboxylic acids is 1. The van der Waals surface area contributed by atoms with Crippen molar-refractivity contribution in [3.05, 3.63) is 70.7 Å². The van der Waals surface area contributed by atoms with Crippen LogP contribution in [0.25, 0.3) is 0 Å². The first-order chi connectivity index (χ1) is 66.7. The Balaban J connectivity index is 1.34. The third-order valence-electron chi connectivity index (χ3n) is 25.0. The van der Waals surface area contributed by atoms with Crippen LogP contribution in [-0.4, -0.2) is 315 Å². The van der Waals surface area contributed by atoms with Crippen molar-refractivity contribution < 1.29 is 101 Å². The van der Waals surface area contributed by atoms with Crippen LogP contribution in [0.5, 0.6) is 0 Å². The highest BCUT2D eigenvalue weighted by atomic mass is 35.5. The molecule has 44 nitrogen and oxygen atoms in total. The second kappa shape index (κ2) is 58.7. The minimum absolute atomic E-state index is 0.00900. The molecule has 0 spiro atoms. The molecule has 17 atom stereocenters. The number of carboxylic acid groups (broad SMARTS) is 1. The van der Waals surface area contributed by atoms with Gasteiger partial charge in [0.2, 0.25) is 106 Å². The summed E-state index contributed by atoms with van der Waals surface area (Å²) in [5, 5.41) is 66.4. The number of hydrogen-bond donors (Lipinski definition) is 21. The zero-order valence-corrected chi connectivity index (χ0v) is 83.2. The maximum atomic E-state index is 15.7. The van der Waals surface area contributed by atoms with E-state index in [-0.39, 0.29) is 161 Å².